The summed E-state index contributed by atoms with van der Waals surface area (Å²) < 4.78 is 0.620. The quantitative estimate of drug-likeness (QED) is 0.670. The van der Waals surface area contributed by atoms with Gasteiger partial charge in [0.25, 0.3) is 0 Å². The first-order valence-corrected chi connectivity index (χ1v) is 6.47. The van der Waals surface area contributed by atoms with Crippen LogP contribution in [-0.2, 0) is 0 Å². The van der Waals surface area contributed by atoms with Gasteiger partial charge < -0.3 is 5.11 Å². The van der Waals surface area contributed by atoms with Crippen LogP contribution in [0.25, 0.3) is 0 Å². The van der Waals surface area contributed by atoms with Gasteiger partial charge in [-0.25, -0.2) is 0 Å². The van der Waals surface area contributed by atoms with E-state index in [1.807, 2.05) is 0 Å². The number of aliphatic hydroxyl groups is 1. The normalized spacial score (nSPS) is 12.8. The van der Waals surface area contributed by atoms with Crippen molar-refractivity contribution in [3.05, 3.63) is 21.3 Å². The number of carbonyl (C=O) groups is 1. The van der Waals surface area contributed by atoms with Gasteiger partial charge in [0.2, 0.25) is 0 Å². The molecule has 1 rings (SSSR count). The lowest BCUT2D eigenvalue weighted by molar-refractivity contribution is 0.0955. The fraction of sp³-hybridized carbons (Fsp3) is 0.444. The molecule has 0 fully saturated rings. The maximum absolute atomic E-state index is 11.5. The second kappa shape index (κ2) is 5.85. The van der Waals surface area contributed by atoms with Crippen LogP contribution in [0.4, 0.5) is 0 Å². The molecule has 1 heterocycles. The molecule has 0 spiro atoms. The molecule has 2 nitrogen and oxygen atoms in total. The Morgan fingerprint density at radius 2 is 2.36 bits per heavy atom. The van der Waals surface area contributed by atoms with Gasteiger partial charge in [-0.3, -0.25) is 4.79 Å². The molecule has 0 aliphatic carbocycles. The van der Waals surface area contributed by atoms with Crippen molar-refractivity contribution in [1.82, 2.24) is 0 Å². The Bertz CT molecular complexity index is 314. The highest BCUT2D eigenvalue weighted by atomic mass is 79.9. The van der Waals surface area contributed by atoms with E-state index in [0.29, 0.717) is 27.4 Å². The van der Waals surface area contributed by atoms with E-state index in [4.69, 9.17) is 11.6 Å². The molecule has 1 atom stereocenters. The molecule has 0 aromatic carbocycles. The molecule has 14 heavy (non-hydrogen) atoms. The number of rotatable bonds is 5. The summed E-state index contributed by atoms with van der Waals surface area (Å²) in [6.45, 7) is 0. The molecular weight excluding hydrogens is 288 g/mol. The fourth-order valence-electron chi connectivity index (χ4n) is 0.962. The molecule has 0 aliphatic heterocycles. The summed E-state index contributed by atoms with van der Waals surface area (Å²) in [5, 5.41) is 9.74. The molecule has 0 aliphatic rings. The highest BCUT2D eigenvalue weighted by molar-refractivity contribution is 9.09. The highest BCUT2D eigenvalue weighted by Gasteiger charge is 2.11. The SMILES string of the molecule is O=C(CC[C@@H](O)CBr)c1ccc(Cl)s1. The molecule has 0 unspecified atom stereocenters. The Morgan fingerprint density at radius 1 is 1.64 bits per heavy atom. The zero-order valence-electron chi connectivity index (χ0n) is 7.37. The topological polar surface area (TPSA) is 37.3 Å². The van der Waals surface area contributed by atoms with Gasteiger partial charge in [-0.15, -0.1) is 11.3 Å². The standard InChI is InChI=1S/C9H10BrClO2S/c10-5-6(12)1-2-7(13)8-3-4-9(11)14-8/h3-4,6,12H,1-2,5H2/t6-/m1/s1. The molecular formula is C9H10BrClO2S. The first-order valence-electron chi connectivity index (χ1n) is 4.16. The predicted molar refractivity (Wildman–Crippen MR) is 62.7 cm³/mol. The van der Waals surface area contributed by atoms with Crippen LogP contribution >= 0.6 is 38.9 Å². The van der Waals surface area contributed by atoms with Gasteiger partial charge in [-0.2, -0.15) is 0 Å². The minimum absolute atomic E-state index is 0.0434. The van der Waals surface area contributed by atoms with Crippen LogP contribution in [0.2, 0.25) is 4.34 Å². The lowest BCUT2D eigenvalue weighted by atomic mass is 10.1. The van der Waals surface area contributed by atoms with Crippen molar-refractivity contribution in [3.8, 4) is 0 Å². The molecule has 0 radical (unpaired) electrons. The minimum Gasteiger partial charge on any atom is -0.392 e. The number of halogens is 2. The molecule has 1 N–H and O–H groups in total. The Labute approximate surface area is 100 Å². The van der Waals surface area contributed by atoms with Crippen LogP contribution in [0.3, 0.4) is 0 Å². The average Bonchev–Trinajstić information content (AvgIpc) is 2.60. The van der Waals surface area contributed by atoms with Crippen molar-refractivity contribution in [1.29, 1.82) is 0 Å². The van der Waals surface area contributed by atoms with Crippen LogP contribution in [0.15, 0.2) is 12.1 Å². The van der Waals surface area contributed by atoms with E-state index < -0.39 is 6.10 Å². The summed E-state index contributed by atoms with van der Waals surface area (Å²) in [4.78, 5) is 12.2. The molecule has 0 bridgehead atoms. The Morgan fingerprint density at radius 3 is 2.86 bits per heavy atom. The van der Waals surface area contributed by atoms with E-state index in [0.717, 1.165) is 0 Å². The van der Waals surface area contributed by atoms with Crippen molar-refractivity contribution < 1.29 is 9.90 Å². The van der Waals surface area contributed by atoms with Crippen LogP contribution in [0, 0.1) is 0 Å². The van der Waals surface area contributed by atoms with Crippen molar-refractivity contribution in [2.75, 3.05) is 5.33 Å². The monoisotopic (exact) mass is 296 g/mol. The summed E-state index contributed by atoms with van der Waals surface area (Å²) in [6.07, 6.45) is 0.401. The van der Waals surface area contributed by atoms with Crippen molar-refractivity contribution in [3.63, 3.8) is 0 Å². The van der Waals surface area contributed by atoms with E-state index in [9.17, 15) is 9.90 Å². The van der Waals surface area contributed by atoms with Gasteiger partial charge in [-0.1, -0.05) is 27.5 Å². The number of thiophene rings is 1. The number of hydrogen-bond donors (Lipinski definition) is 1. The molecule has 1 aromatic rings. The molecule has 0 saturated carbocycles. The largest absolute Gasteiger partial charge is 0.392 e. The number of aliphatic hydroxyl groups excluding tert-OH is 1. The summed E-state index contributed by atoms with van der Waals surface area (Å²) in [6, 6.07) is 3.43. The summed E-state index contributed by atoms with van der Waals surface area (Å²) in [5.41, 5.74) is 0. The molecule has 78 valence electrons. The number of carbonyl (C=O) groups excluding carboxylic acids is 1. The molecule has 0 saturated heterocycles. The van der Waals surface area contributed by atoms with Crippen LogP contribution in [0.5, 0.6) is 0 Å². The fourth-order valence-corrected chi connectivity index (χ4v) is 2.30. The van der Waals surface area contributed by atoms with E-state index in [2.05, 4.69) is 15.9 Å². The Hall–Kier alpha value is 0.1000. The van der Waals surface area contributed by atoms with Crippen LogP contribution in [0.1, 0.15) is 22.5 Å². The lowest BCUT2D eigenvalue weighted by Crippen LogP contribution is -2.10. The van der Waals surface area contributed by atoms with Crippen molar-refractivity contribution in [2.45, 2.75) is 18.9 Å². The molecule has 0 amide bonds. The Balaban J connectivity index is 2.43. The van der Waals surface area contributed by atoms with Gasteiger partial charge >= 0.3 is 0 Å². The molecule has 1 aromatic heterocycles. The predicted octanol–water partition coefficient (Wildman–Crippen LogP) is 3.12. The second-order valence-electron chi connectivity index (χ2n) is 2.87. The van der Waals surface area contributed by atoms with Crippen molar-refractivity contribution in [2.24, 2.45) is 0 Å². The van der Waals surface area contributed by atoms with Gasteiger partial charge in [0.1, 0.15) is 0 Å². The zero-order valence-corrected chi connectivity index (χ0v) is 10.5. The first-order chi connectivity index (χ1) is 6.63. The third-order valence-electron chi connectivity index (χ3n) is 1.73. The van der Waals surface area contributed by atoms with Crippen molar-refractivity contribution >= 4 is 44.7 Å². The number of alkyl halides is 1. The number of ketones is 1. The van der Waals surface area contributed by atoms with Crippen LogP contribution in [-0.4, -0.2) is 22.3 Å². The summed E-state index contributed by atoms with van der Waals surface area (Å²) in [5.74, 6) is 0.0434. The minimum atomic E-state index is -0.450. The van der Waals surface area contributed by atoms with Gasteiger partial charge in [0.15, 0.2) is 5.78 Å². The number of Topliss-reactive ketones (excluding diaryl/α,β-unsaturated/α-hetero) is 1. The Kier molecular flexibility index (Phi) is 5.09. The second-order valence-corrected chi connectivity index (χ2v) is 5.24. The zero-order chi connectivity index (χ0) is 10.6. The van der Waals surface area contributed by atoms with Crippen LogP contribution < -0.4 is 0 Å². The summed E-state index contributed by atoms with van der Waals surface area (Å²) in [7, 11) is 0. The molecule has 5 heteroatoms. The third-order valence-corrected chi connectivity index (χ3v) is 3.75. The number of hydrogen-bond acceptors (Lipinski definition) is 3. The lowest BCUT2D eigenvalue weighted by Gasteiger charge is -2.04. The average molecular weight is 298 g/mol. The van der Waals surface area contributed by atoms with E-state index >= 15 is 0 Å². The summed E-state index contributed by atoms with van der Waals surface area (Å²) >= 11 is 10.1. The maximum atomic E-state index is 11.5. The third kappa shape index (κ3) is 3.69. The van der Waals surface area contributed by atoms with E-state index in [-0.39, 0.29) is 5.78 Å². The smallest absolute Gasteiger partial charge is 0.172 e. The van der Waals surface area contributed by atoms with E-state index in [1.54, 1.807) is 12.1 Å². The van der Waals surface area contributed by atoms with E-state index in [1.165, 1.54) is 11.3 Å². The van der Waals surface area contributed by atoms with Gasteiger partial charge in [-0.05, 0) is 18.6 Å². The first kappa shape index (κ1) is 12.2. The van der Waals surface area contributed by atoms with Gasteiger partial charge in [0, 0.05) is 11.8 Å². The highest BCUT2D eigenvalue weighted by Crippen LogP contribution is 2.23. The maximum Gasteiger partial charge on any atom is 0.172 e. The van der Waals surface area contributed by atoms with Gasteiger partial charge in [0.05, 0.1) is 15.3 Å².